The number of phenolic OH excluding ortho intramolecular Hbond substituents is 1. The van der Waals surface area contributed by atoms with E-state index in [4.69, 9.17) is 20.2 Å². The summed E-state index contributed by atoms with van der Waals surface area (Å²) < 4.78 is 13.3. The molecule has 11 atom stereocenters. The van der Waals surface area contributed by atoms with Crippen molar-refractivity contribution in [2.45, 2.75) is 126 Å². The normalized spacial score (nSPS) is 33.2. The highest BCUT2D eigenvalue weighted by Crippen LogP contribution is 2.50. The number of aliphatic hydroxyl groups is 3. The predicted molar refractivity (Wildman–Crippen MR) is 241 cm³/mol. The van der Waals surface area contributed by atoms with Crippen LogP contribution in [0.3, 0.4) is 0 Å². The number of nitrogens with one attached hydrogen (secondary N) is 2. The fraction of sp³-hybridized carbons (Fsp3) is 0.509. The number of hydrogen-bond acceptors (Lipinski definition) is 10. The molecule has 64 heavy (non-hydrogen) atoms. The second-order valence-corrected chi connectivity index (χ2v) is 19.9. The lowest BCUT2D eigenvalue weighted by Gasteiger charge is -2.38. The molecule has 2 aromatic carbocycles. The molecule has 11 heteroatoms. The highest BCUT2D eigenvalue weighted by atomic mass is 16.5. The van der Waals surface area contributed by atoms with Crippen LogP contribution in [0.15, 0.2) is 77.1 Å². The molecule has 0 saturated heterocycles. The maximum absolute atomic E-state index is 13.4. The van der Waals surface area contributed by atoms with E-state index < -0.39 is 41.8 Å². The number of aryl methyl sites for hydroxylation is 1. The summed E-state index contributed by atoms with van der Waals surface area (Å²) >= 11 is 0. The van der Waals surface area contributed by atoms with Gasteiger partial charge in [-0.25, -0.2) is 0 Å². The number of fused-ring (bicyclic) bond motifs is 6. The smallest absolute Gasteiger partial charge is 0.252 e. The second-order valence-electron chi connectivity index (χ2n) is 19.9. The zero-order valence-corrected chi connectivity index (χ0v) is 36.3. The Hall–Kier alpha value is -4.98. The van der Waals surface area contributed by atoms with Gasteiger partial charge in [0.25, 0.3) is 6.23 Å². The molecular formula is C53H59N4O7+. The highest BCUT2D eigenvalue weighted by Gasteiger charge is 2.52. The first-order chi connectivity index (χ1) is 31.1. The Kier molecular flexibility index (Phi) is 10.9. The maximum Gasteiger partial charge on any atom is 0.252 e. The van der Waals surface area contributed by atoms with Gasteiger partial charge in [-0.15, -0.1) is 0 Å². The Balaban J connectivity index is 0.896. The van der Waals surface area contributed by atoms with Crippen LogP contribution in [0.25, 0.3) is 0 Å². The number of aromatic hydroxyl groups is 1. The summed E-state index contributed by atoms with van der Waals surface area (Å²) in [5.74, 6) is 10.8. The minimum absolute atomic E-state index is 0.0421. The van der Waals surface area contributed by atoms with Crippen molar-refractivity contribution in [1.29, 1.82) is 0 Å². The van der Waals surface area contributed by atoms with Crippen molar-refractivity contribution in [1.82, 2.24) is 5.32 Å². The molecule has 11 nitrogen and oxygen atoms in total. The minimum atomic E-state index is -1.08. The number of aliphatic imine (C=N–C) groups is 1. The second kappa shape index (κ2) is 16.8. The van der Waals surface area contributed by atoms with Gasteiger partial charge in [0.15, 0.2) is 11.5 Å². The molecule has 5 aliphatic heterocycles. The van der Waals surface area contributed by atoms with Gasteiger partial charge in [0.2, 0.25) is 0 Å². The summed E-state index contributed by atoms with van der Waals surface area (Å²) in [5.41, 5.74) is 13.7. The van der Waals surface area contributed by atoms with Crippen LogP contribution in [-0.2, 0) is 11.2 Å². The third-order valence-corrected chi connectivity index (χ3v) is 16.1. The van der Waals surface area contributed by atoms with Crippen LogP contribution in [0.5, 0.6) is 17.2 Å². The molecule has 2 bridgehead atoms. The zero-order chi connectivity index (χ0) is 43.7. The number of quaternary nitrogens is 1. The van der Waals surface area contributed by atoms with Gasteiger partial charge in [0, 0.05) is 49.4 Å². The van der Waals surface area contributed by atoms with Gasteiger partial charge >= 0.3 is 0 Å². The van der Waals surface area contributed by atoms with E-state index in [1.54, 1.807) is 6.07 Å². The predicted octanol–water partition coefficient (Wildman–Crippen LogP) is 5.18. The van der Waals surface area contributed by atoms with E-state index in [9.17, 15) is 25.2 Å². The molecule has 2 aromatic rings. The Morgan fingerprint density at radius 3 is 2.66 bits per heavy atom. The van der Waals surface area contributed by atoms with Crippen LogP contribution >= 0.6 is 0 Å². The van der Waals surface area contributed by atoms with Crippen LogP contribution in [0.2, 0.25) is 0 Å². The summed E-state index contributed by atoms with van der Waals surface area (Å²) in [5, 5.41) is 49.2. The zero-order valence-electron chi connectivity index (χ0n) is 36.3. The standard InChI is InChI=1S/C53H58N4O7/c54-51-38-15-14-37-43(59)17-16-41-52(57-28-40-39(27-55-42(40)29-57)35-12-10-33(26-56-51)49(38)50(35)37)64-48-23-32(44(60)25-47(48)63-21-20-53(41)18-4-5-19-53)8-11-34(58)24-46(62)36-13-9-31(22-45(36)61)30-6-2-1-3-7-30/h9-10,12-15,23,25,27-28,30-31,33,35-36,41,43,45-46,51-52,56,59-62H,1-8,11,18-19,22,24,26,29,54H2/p+1/t31-,33+,35-,36-,41-,43-,45-,46+,51-,52-/m1/s1. The Bertz CT molecular complexity index is 2520. The molecule has 9 aliphatic rings. The van der Waals surface area contributed by atoms with Crippen molar-refractivity contribution in [2.24, 2.45) is 39.8 Å². The van der Waals surface area contributed by atoms with Gasteiger partial charge in [-0.1, -0.05) is 86.3 Å². The molecule has 11 rings (SSSR count). The van der Waals surface area contributed by atoms with Gasteiger partial charge in [-0.2, -0.15) is 0 Å². The summed E-state index contributed by atoms with van der Waals surface area (Å²) in [6, 6.07) is 7.28. The van der Waals surface area contributed by atoms with Crippen LogP contribution in [0, 0.1) is 53.0 Å². The van der Waals surface area contributed by atoms with Crippen molar-refractivity contribution in [2.75, 3.05) is 13.1 Å². The van der Waals surface area contributed by atoms with Crippen molar-refractivity contribution >= 4 is 11.5 Å². The molecule has 4 aliphatic carbocycles. The molecule has 1 spiro atoms. The van der Waals surface area contributed by atoms with E-state index in [0.29, 0.717) is 42.7 Å². The molecule has 1 unspecified atom stereocenters. The SMILES string of the molecule is N[C@@H]1NC[C@@H]2C=C[C@@H]3C4=CN=C5C[NH+](C=C45)[C@@H]4Oc5cc(CCC(=O)C[C@H](O)[C@@H]6C=C[C@@H](C7CCCCC7)C[C@H]6O)c(O)cc5OC#CC5(CCCC5)[C@@H]4C#C[C@@H](O)c4ccc1c2c43. The monoisotopic (exact) mass is 863 g/mol. The summed E-state index contributed by atoms with van der Waals surface area (Å²) in [6.45, 7) is 1.27. The Morgan fingerprint density at radius 2 is 1.83 bits per heavy atom. The van der Waals surface area contributed by atoms with Crippen molar-refractivity contribution in [3.8, 4) is 41.1 Å². The van der Waals surface area contributed by atoms with Crippen molar-refractivity contribution < 1.29 is 39.6 Å². The number of carbonyl (C=O) groups excluding carboxylic acids is 1. The van der Waals surface area contributed by atoms with Crippen molar-refractivity contribution in [3.63, 3.8) is 0 Å². The first-order valence-corrected chi connectivity index (χ1v) is 23.8. The first-order valence-electron chi connectivity index (χ1n) is 23.8. The van der Waals surface area contributed by atoms with Crippen LogP contribution in [-0.4, -0.2) is 63.4 Å². The number of nitrogens with zero attached hydrogens (tertiary/aromatic N) is 1. The average molecular weight is 864 g/mol. The van der Waals surface area contributed by atoms with E-state index in [2.05, 4.69) is 53.6 Å². The Labute approximate surface area is 375 Å². The van der Waals surface area contributed by atoms with Crippen molar-refractivity contribution in [3.05, 3.63) is 99.9 Å². The number of hydrogen-bond donors (Lipinski definition) is 7. The lowest BCUT2D eigenvalue weighted by molar-refractivity contribution is -0.888. The molecule has 332 valence electrons. The molecule has 0 amide bonds. The number of carbonyl (C=O) groups is 1. The number of allylic oxidation sites excluding steroid dienone is 3. The number of rotatable bonds is 7. The van der Waals surface area contributed by atoms with Gasteiger partial charge < -0.3 is 35.6 Å². The number of benzene rings is 2. The highest BCUT2D eigenvalue weighted by molar-refractivity contribution is 6.08. The molecule has 2 saturated carbocycles. The molecule has 5 heterocycles. The number of aliphatic hydroxyl groups excluding tert-OH is 3. The van der Waals surface area contributed by atoms with E-state index in [1.807, 2.05) is 24.4 Å². The van der Waals surface area contributed by atoms with Gasteiger partial charge in [0.05, 0.1) is 29.4 Å². The number of phenols is 1. The number of nitrogens with two attached hydrogens (primary N) is 1. The van der Waals surface area contributed by atoms with Crippen LogP contribution in [0.4, 0.5) is 0 Å². The third kappa shape index (κ3) is 7.35. The van der Waals surface area contributed by atoms with E-state index >= 15 is 0 Å². The lowest BCUT2D eigenvalue weighted by Crippen LogP contribution is -3.13. The molecule has 8 N–H and O–H groups in total. The third-order valence-electron chi connectivity index (χ3n) is 16.1. The largest absolute Gasteiger partial charge is 0.508 e. The Morgan fingerprint density at radius 1 is 1.00 bits per heavy atom. The van der Waals surface area contributed by atoms with E-state index in [1.165, 1.54) is 43.7 Å². The quantitative estimate of drug-likeness (QED) is 0.146. The fourth-order valence-corrected chi connectivity index (χ4v) is 12.7. The molecular weight excluding hydrogens is 805 g/mol. The molecule has 0 aromatic heterocycles. The van der Waals surface area contributed by atoms with Gasteiger partial charge in [-0.05, 0) is 89.8 Å². The van der Waals surface area contributed by atoms with Gasteiger partial charge in [-0.3, -0.25) is 20.0 Å². The number of Topliss-reactive ketones (excluding diaryl/α,β-unsaturated/α-hetero) is 1. The number of ketones is 1. The summed E-state index contributed by atoms with van der Waals surface area (Å²) in [7, 11) is 0. The number of ether oxygens (including phenoxy) is 2. The summed E-state index contributed by atoms with van der Waals surface area (Å²) in [6.07, 6.45) is 22.6. The summed E-state index contributed by atoms with van der Waals surface area (Å²) in [4.78, 5) is 19.5. The van der Waals surface area contributed by atoms with Crippen LogP contribution in [0.1, 0.15) is 129 Å². The van der Waals surface area contributed by atoms with E-state index in [-0.39, 0.29) is 54.5 Å². The van der Waals surface area contributed by atoms with E-state index in [0.717, 1.165) is 64.1 Å². The maximum atomic E-state index is 13.4. The first kappa shape index (κ1) is 41.7. The molecule has 0 radical (unpaired) electrons. The topological polar surface area (TPSA) is 171 Å². The lowest BCUT2D eigenvalue weighted by atomic mass is 9.71. The fourth-order valence-electron chi connectivity index (χ4n) is 12.7. The van der Waals surface area contributed by atoms with Gasteiger partial charge in [0.1, 0.15) is 48.1 Å². The molecule has 2 fully saturated rings. The average Bonchev–Trinajstić information content (AvgIpc) is 4.05. The van der Waals surface area contributed by atoms with Crippen LogP contribution < -0.4 is 25.4 Å². The minimum Gasteiger partial charge on any atom is -0.508 e.